The summed E-state index contributed by atoms with van der Waals surface area (Å²) in [5.74, 6) is -0.495. The van der Waals surface area contributed by atoms with Gasteiger partial charge in [0.25, 0.3) is 0 Å². The molecule has 0 spiro atoms. The minimum Gasteiger partial charge on any atom is -0.429 e. The van der Waals surface area contributed by atoms with Crippen LogP contribution in [0.15, 0.2) is 25.3 Å². The first-order valence-electron chi connectivity index (χ1n) is 4.81. The lowest BCUT2D eigenvalue weighted by Crippen LogP contribution is -2.18. The molecule has 0 fully saturated rings. The van der Waals surface area contributed by atoms with Gasteiger partial charge in [-0.3, -0.25) is 0 Å². The summed E-state index contributed by atoms with van der Waals surface area (Å²) in [6, 6.07) is 0. The standard InChI is InChI=1S/C11H18O3/c1-4-7-8-9-13-11(6-3)14-10(12)5-2/h5-6,11H,2-4,7-9H2,1H3. The van der Waals surface area contributed by atoms with E-state index in [0.717, 1.165) is 25.3 Å². The van der Waals surface area contributed by atoms with E-state index in [4.69, 9.17) is 9.47 Å². The molecule has 0 aromatic heterocycles. The van der Waals surface area contributed by atoms with Crippen molar-refractivity contribution in [1.29, 1.82) is 0 Å². The fourth-order valence-corrected chi connectivity index (χ4v) is 0.864. The summed E-state index contributed by atoms with van der Waals surface area (Å²) in [6.45, 7) is 9.50. The Hall–Kier alpha value is -1.09. The van der Waals surface area contributed by atoms with Crippen molar-refractivity contribution in [2.45, 2.75) is 32.5 Å². The van der Waals surface area contributed by atoms with Gasteiger partial charge < -0.3 is 9.47 Å². The van der Waals surface area contributed by atoms with Crippen LogP contribution in [0.5, 0.6) is 0 Å². The smallest absolute Gasteiger partial charge is 0.332 e. The zero-order chi connectivity index (χ0) is 10.8. The Balaban J connectivity index is 3.63. The molecule has 0 aliphatic heterocycles. The third kappa shape index (κ3) is 6.43. The second kappa shape index (κ2) is 8.51. The van der Waals surface area contributed by atoms with Crippen molar-refractivity contribution in [2.75, 3.05) is 6.61 Å². The molecule has 0 saturated carbocycles. The lowest BCUT2D eigenvalue weighted by atomic mass is 10.3. The Morgan fingerprint density at radius 2 is 2.14 bits per heavy atom. The van der Waals surface area contributed by atoms with Gasteiger partial charge in [-0.15, -0.1) is 0 Å². The van der Waals surface area contributed by atoms with Crippen molar-refractivity contribution in [3.63, 3.8) is 0 Å². The highest BCUT2D eigenvalue weighted by molar-refractivity contribution is 5.81. The molecule has 0 aliphatic carbocycles. The molecule has 80 valence electrons. The van der Waals surface area contributed by atoms with Gasteiger partial charge in [-0.25, -0.2) is 4.79 Å². The second-order valence-corrected chi connectivity index (χ2v) is 2.82. The maximum Gasteiger partial charge on any atom is 0.332 e. The van der Waals surface area contributed by atoms with Crippen LogP contribution in [0.25, 0.3) is 0 Å². The molecule has 0 saturated heterocycles. The third-order valence-electron chi connectivity index (χ3n) is 1.62. The lowest BCUT2D eigenvalue weighted by molar-refractivity contribution is -0.162. The van der Waals surface area contributed by atoms with Crippen molar-refractivity contribution >= 4 is 5.97 Å². The van der Waals surface area contributed by atoms with Gasteiger partial charge in [0, 0.05) is 6.08 Å². The number of carbonyl (C=O) groups excluding carboxylic acids is 1. The zero-order valence-electron chi connectivity index (χ0n) is 8.70. The minimum atomic E-state index is -0.655. The number of hydrogen-bond acceptors (Lipinski definition) is 3. The van der Waals surface area contributed by atoms with Crippen LogP contribution in [-0.2, 0) is 14.3 Å². The summed E-state index contributed by atoms with van der Waals surface area (Å²) in [6.07, 6.45) is 5.11. The molecular weight excluding hydrogens is 180 g/mol. The van der Waals surface area contributed by atoms with E-state index in [1.165, 1.54) is 6.08 Å². The number of carbonyl (C=O) groups is 1. The minimum absolute atomic E-state index is 0.495. The fourth-order valence-electron chi connectivity index (χ4n) is 0.864. The molecule has 0 aliphatic rings. The molecule has 0 rings (SSSR count). The molecule has 3 heteroatoms. The van der Waals surface area contributed by atoms with Gasteiger partial charge in [-0.1, -0.05) is 32.9 Å². The number of hydrogen-bond donors (Lipinski definition) is 0. The SMILES string of the molecule is C=CC(=O)OC(C=C)OCCCCC. The van der Waals surface area contributed by atoms with E-state index in [0.29, 0.717) is 6.61 Å². The van der Waals surface area contributed by atoms with Gasteiger partial charge >= 0.3 is 5.97 Å². The summed E-state index contributed by atoms with van der Waals surface area (Å²) < 4.78 is 10.1. The van der Waals surface area contributed by atoms with Crippen LogP contribution in [0.2, 0.25) is 0 Å². The van der Waals surface area contributed by atoms with Crippen molar-refractivity contribution in [3.8, 4) is 0 Å². The van der Waals surface area contributed by atoms with E-state index in [-0.39, 0.29) is 0 Å². The molecule has 0 heterocycles. The fraction of sp³-hybridized carbons (Fsp3) is 0.545. The van der Waals surface area contributed by atoms with Gasteiger partial charge in [0.1, 0.15) is 0 Å². The Kier molecular flexibility index (Phi) is 7.84. The molecule has 0 N–H and O–H groups in total. The third-order valence-corrected chi connectivity index (χ3v) is 1.62. The van der Waals surface area contributed by atoms with Crippen LogP contribution in [0.4, 0.5) is 0 Å². The normalized spacial score (nSPS) is 11.8. The van der Waals surface area contributed by atoms with Crippen LogP contribution in [0, 0.1) is 0 Å². The van der Waals surface area contributed by atoms with Crippen LogP contribution in [0.1, 0.15) is 26.2 Å². The molecule has 0 bridgehead atoms. The topological polar surface area (TPSA) is 35.5 Å². The highest BCUT2D eigenvalue weighted by Crippen LogP contribution is 2.01. The lowest BCUT2D eigenvalue weighted by Gasteiger charge is -2.13. The predicted molar refractivity (Wildman–Crippen MR) is 55.8 cm³/mol. The summed E-state index contributed by atoms with van der Waals surface area (Å²) >= 11 is 0. The maximum atomic E-state index is 10.8. The molecule has 3 nitrogen and oxygen atoms in total. The van der Waals surface area contributed by atoms with Crippen LogP contribution >= 0.6 is 0 Å². The largest absolute Gasteiger partial charge is 0.429 e. The quantitative estimate of drug-likeness (QED) is 0.197. The van der Waals surface area contributed by atoms with E-state index < -0.39 is 12.3 Å². The van der Waals surface area contributed by atoms with Gasteiger partial charge in [0.05, 0.1) is 6.61 Å². The Morgan fingerprint density at radius 3 is 2.64 bits per heavy atom. The molecule has 0 radical (unpaired) electrons. The zero-order valence-corrected chi connectivity index (χ0v) is 8.70. The molecule has 0 amide bonds. The van der Waals surface area contributed by atoms with E-state index in [1.807, 2.05) is 0 Å². The summed E-state index contributed by atoms with van der Waals surface area (Å²) in [4.78, 5) is 10.8. The first-order valence-corrected chi connectivity index (χ1v) is 4.81. The number of unbranched alkanes of at least 4 members (excludes halogenated alkanes) is 2. The molecule has 1 atom stereocenters. The van der Waals surface area contributed by atoms with E-state index in [9.17, 15) is 4.79 Å². The van der Waals surface area contributed by atoms with Crippen LogP contribution < -0.4 is 0 Å². The maximum absolute atomic E-state index is 10.8. The highest BCUT2D eigenvalue weighted by Gasteiger charge is 2.07. The Bertz CT molecular complexity index is 187. The Labute approximate surface area is 85.4 Å². The number of ether oxygens (including phenoxy) is 2. The first-order chi connectivity index (χ1) is 6.74. The van der Waals surface area contributed by atoms with Crippen LogP contribution in [-0.4, -0.2) is 18.9 Å². The first kappa shape index (κ1) is 12.9. The van der Waals surface area contributed by atoms with Gasteiger partial charge in [0.15, 0.2) is 0 Å². The second-order valence-electron chi connectivity index (χ2n) is 2.82. The summed E-state index contributed by atoms with van der Waals surface area (Å²) in [7, 11) is 0. The van der Waals surface area contributed by atoms with E-state index in [2.05, 4.69) is 20.1 Å². The van der Waals surface area contributed by atoms with Gasteiger partial charge in [0.2, 0.25) is 6.29 Å². The van der Waals surface area contributed by atoms with Crippen LogP contribution in [0.3, 0.4) is 0 Å². The van der Waals surface area contributed by atoms with Crippen molar-refractivity contribution in [3.05, 3.63) is 25.3 Å². The van der Waals surface area contributed by atoms with Crippen molar-refractivity contribution < 1.29 is 14.3 Å². The summed E-state index contributed by atoms with van der Waals surface area (Å²) in [5.41, 5.74) is 0. The van der Waals surface area contributed by atoms with E-state index in [1.54, 1.807) is 0 Å². The van der Waals surface area contributed by atoms with Gasteiger partial charge in [-0.05, 0) is 12.5 Å². The molecular formula is C11H18O3. The molecule has 14 heavy (non-hydrogen) atoms. The van der Waals surface area contributed by atoms with Crippen molar-refractivity contribution in [1.82, 2.24) is 0 Å². The molecule has 1 unspecified atom stereocenters. The molecule has 0 aromatic rings. The monoisotopic (exact) mass is 198 g/mol. The van der Waals surface area contributed by atoms with Crippen molar-refractivity contribution in [2.24, 2.45) is 0 Å². The molecule has 0 aromatic carbocycles. The summed E-state index contributed by atoms with van der Waals surface area (Å²) in [5, 5.41) is 0. The van der Waals surface area contributed by atoms with Gasteiger partial charge in [-0.2, -0.15) is 0 Å². The number of rotatable bonds is 8. The van der Waals surface area contributed by atoms with E-state index >= 15 is 0 Å². The average molecular weight is 198 g/mol. The highest BCUT2D eigenvalue weighted by atomic mass is 16.7. The predicted octanol–water partition coefficient (Wildman–Crippen LogP) is 2.43. The average Bonchev–Trinajstić information content (AvgIpc) is 2.22. The Morgan fingerprint density at radius 1 is 1.43 bits per heavy atom. The number of esters is 1.